The van der Waals surface area contributed by atoms with E-state index in [-0.39, 0.29) is 0 Å². The van der Waals surface area contributed by atoms with Crippen molar-refractivity contribution >= 4 is 0 Å². The molecule has 2 aliphatic rings. The standard InChI is InChI=1S/C10H20N2/c1-3-4-7(2)12-5-8-9(6-12)10(8)11/h7-10H,3-6,11H2,1-2H3/t7?,8-,9+,10?. The zero-order valence-corrected chi connectivity index (χ0v) is 8.16. The minimum absolute atomic E-state index is 0.551. The molecule has 1 aliphatic carbocycles. The van der Waals surface area contributed by atoms with Crippen molar-refractivity contribution in [2.45, 2.75) is 38.8 Å². The third-order valence-corrected chi connectivity index (χ3v) is 3.62. The van der Waals surface area contributed by atoms with Gasteiger partial charge < -0.3 is 5.73 Å². The molecule has 70 valence electrons. The molecule has 4 atom stereocenters. The van der Waals surface area contributed by atoms with E-state index in [1.165, 1.54) is 25.9 Å². The van der Waals surface area contributed by atoms with E-state index in [2.05, 4.69) is 18.7 Å². The van der Waals surface area contributed by atoms with Crippen LogP contribution in [-0.4, -0.2) is 30.1 Å². The number of nitrogens with zero attached hydrogens (tertiary/aromatic N) is 1. The van der Waals surface area contributed by atoms with Gasteiger partial charge >= 0.3 is 0 Å². The summed E-state index contributed by atoms with van der Waals surface area (Å²) < 4.78 is 0. The van der Waals surface area contributed by atoms with Crippen molar-refractivity contribution in [2.75, 3.05) is 13.1 Å². The first-order chi connectivity index (χ1) is 5.74. The lowest BCUT2D eigenvalue weighted by molar-refractivity contribution is 0.218. The Labute approximate surface area is 75.1 Å². The van der Waals surface area contributed by atoms with Crippen LogP contribution >= 0.6 is 0 Å². The fourth-order valence-corrected chi connectivity index (χ4v) is 2.57. The largest absolute Gasteiger partial charge is 0.327 e. The molecule has 2 fully saturated rings. The van der Waals surface area contributed by atoms with Gasteiger partial charge in [0.05, 0.1) is 0 Å². The number of piperidine rings is 1. The maximum absolute atomic E-state index is 5.88. The zero-order chi connectivity index (χ0) is 8.72. The quantitative estimate of drug-likeness (QED) is 0.683. The van der Waals surface area contributed by atoms with Gasteiger partial charge in [0.25, 0.3) is 0 Å². The van der Waals surface area contributed by atoms with Crippen LogP contribution in [-0.2, 0) is 0 Å². The molecule has 0 amide bonds. The van der Waals surface area contributed by atoms with E-state index in [1.807, 2.05) is 0 Å². The minimum Gasteiger partial charge on any atom is -0.327 e. The molecule has 0 aromatic heterocycles. The summed E-state index contributed by atoms with van der Waals surface area (Å²) in [7, 11) is 0. The van der Waals surface area contributed by atoms with Gasteiger partial charge in [-0.2, -0.15) is 0 Å². The van der Waals surface area contributed by atoms with Gasteiger partial charge in [-0.3, -0.25) is 4.90 Å². The van der Waals surface area contributed by atoms with Crippen LogP contribution in [0.15, 0.2) is 0 Å². The van der Waals surface area contributed by atoms with Crippen molar-refractivity contribution in [3.05, 3.63) is 0 Å². The van der Waals surface area contributed by atoms with Crippen LogP contribution in [0.4, 0.5) is 0 Å². The average molecular weight is 168 g/mol. The first kappa shape index (κ1) is 8.52. The normalized spacial score (nSPS) is 42.8. The van der Waals surface area contributed by atoms with Gasteiger partial charge in [0.1, 0.15) is 0 Å². The van der Waals surface area contributed by atoms with Gasteiger partial charge in [0.2, 0.25) is 0 Å². The summed E-state index contributed by atoms with van der Waals surface area (Å²) in [5.41, 5.74) is 5.88. The number of nitrogens with two attached hydrogens (primary N) is 1. The molecule has 2 nitrogen and oxygen atoms in total. The average Bonchev–Trinajstić information content (AvgIpc) is 2.52. The second kappa shape index (κ2) is 3.00. The molecular weight excluding hydrogens is 148 g/mol. The Bertz CT molecular complexity index is 157. The van der Waals surface area contributed by atoms with Gasteiger partial charge in [-0.05, 0) is 25.2 Å². The summed E-state index contributed by atoms with van der Waals surface area (Å²) in [4.78, 5) is 2.61. The molecule has 0 radical (unpaired) electrons. The Morgan fingerprint density at radius 1 is 1.42 bits per heavy atom. The molecular formula is C10H20N2. The van der Waals surface area contributed by atoms with Crippen molar-refractivity contribution in [1.82, 2.24) is 4.90 Å². The molecule has 2 rings (SSSR count). The second-order valence-corrected chi connectivity index (χ2v) is 4.50. The maximum atomic E-state index is 5.88. The van der Waals surface area contributed by atoms with Gasteiger partial charge in [0.15, 0.2) is 0 Å². The maximum Gasteiger partial charge on any atom is 0.0127 e. The van der Waals surface area contributed by atoms with Crippen molar-refractivity contribution in [1.29, 1.82) is 0 Å². The van der Waals surface area contributed by atoms with Gasteiger partial charge in [0, 0.05) is 25.2 Å². The molecule has 1 saturated carbocycles. The zero-order valence-electron chi connectivity index (χ0n) is 8.16. The van der Waals surface area contributed by atoms with Crippen LogP contribution in [0.3, 0.4) is 0 Å². The highest BCUT2D eigenvalue weighted by molar-refractivity contribution is 5.09. The van der Waals surface area contributed by atoms with Crippen molar-refractivity contribution in [2.24, 2.45) is 17.6 Å². The fraction of sp³-hybridized carbons (Fsp3) is 1.00. The highest BCUT2D eigenvalue weighted by Crippen LogP contribution is 2.44. The highest BCUT2D eigenvalue weighted by atomic mass is 15.2. The molecule has 12 heavy (non-hydrogen) atoms. The van der Waals surface area contributed by atoms with E-state index < -0.39 is 0 Å². The number of fused-ring (bicyclic) bond motifs is 1. The van der Waals surface area contributed by atoms with Crippen LogP contribution < -0.4 is 5.73 Å². The van der Waals surface area contributed by atoms with Crippen molar-refractivity contribution < 1.29 is 0 Å². The number of hydrogen-bond acceptors (Lipinski definition) is 2. The SMILES string of the molecule is CCCC(C)N1C[C@@H]2C(N)[C@@H]2C1. The summed E-state index contributed by atoms with van der Waals surface area (Å²) in [6.07, 6.45) is 2.65. The topological polar surface area (TPSA) is 29.3 Å². The fourth-order valence-electron chi connectivity index (χ4n) is 2.57. The molecule has 2 heteroatoms. The molecule has 1 aliphatic heterocycles. The van der Waals surface area contributed by atoms with E-state index >= 15 is 0 Å². The summed E-state index contributed by atoms with van der Waals surface area (Å²) in [6, 6.07) is 1.34. The molecule has 1 heterocycles. The van der Waals surface area contributed by atoms with Gasteiger partial charge in [-0.1, -0.05) is 13.3 Å². The van der Waals surface area contributed by atoms with E-state index in [4.69, 9.17) is 5.73 Å². The third-order valence-electron chi connectivity index (χ3n) is 3.62. The first-order valence-corrected chi connectivity index (χ1v) is 5.23. The lowest BCUT2D eigenvalue weighted by atomic mass is 10.1. The minimum atomic E-state index is 0.551. The smallest absolute Gasteiger partial charge is 0.0127 e. The van der Waals surface area contributed by atoms with Crippen LogP contribution in [0.5, 0.6) is 0 Å². The molecule has 0 aromatic rings. The number of hydrogen-bond donors (Lipinski definition) is 1. The summed E-state index contributed by atoms with van der Waals surface area (Å²) in [5, 5.41) is 0. The predicted octanol–water partition coefficient (Wildman–Crippen LogP) is 1.06. The van der Waals surface area contributed by atoms with E-state index in [1.54, 1.807) is 0 Å². The Balaban J connectivity index is 1.78. The number of likely N-dealkylation sites (tertiary alicyclic amines) is 1. The van der Waals surface area contributed by atoms with Crippen molar-refractivity contribution in [3.63, 3.8) is 0 Å². The van der Waals surface area contributed by atoms with E-state index in [0.29, 0.717) is 6.04 Å². The molecule has 0 bridgehead atoms. The Hall–Kier alpha value is -0.0800. The Morgan fingerprint density at radius 2 is 2.00 bits per heavy atom. The monoisotopic (exact) mass is 168 g/mol. The van der Waals surface area contributed by atoms with Crippen LogP contribution in [0.2, 0.25) is 0 Å². The highest BCUT2D eigenvalue weighted by Gasteiger charge is 2.53. The summed E-state index contributed by atoms with van der Waals surface area (Å²) in [5.74, 6) is 1.70. The first-order valence-electron chi connectivity index (χ1n) is 5.23. The summed E-state index contributed by atoms with van der Waals surface area (Å²) >= 11 is 0. The molecule has 0 aromatic carbocycles. The van der Waals surface area contributed by atoms with E-state index in [9.17, 15) is 0 Å². The van der Waals surface area contributed by atoms with E-state index in [0.717, 1.165) is 17.9 Å². The Morgan fingerprint density at radius 3 is 2.50 bits per heavy atom. The Kier molecular flexibility index (Phi) is 2.13. The number of rotatable bonds is 3. The van der Waals surface area contributed by atoms with Crippen LogP contribution in [0.25, 0.3) is 0 Å². The van der Waals surface area contributed by atoms with Gasteiger partial charge in [-0.15, -0.1) is 0 Å². The third kappa shape index (κ3) is 1.27. The molecule has 2 unspecified atom stereocenters. The van der Waals surface area contributed by atoms with Crippen LogP contribution in [0, 0.1) is 11.8 Å². The second-order valence-electron chi connectivity index (χ2n) is 4.50. The molecule has 0 spiro atoms. The molecule has 1 saturated heterocycles. The predicted molar refractivity (Wildman–Crippen MR) is 50.9 cm³/mol. The van der Waals surface area contributed by atoms with Crippen LogP contribution in [0.1, 0.15) is 26.7 Å². The summed E-state index contributed by atoms with van der Waals surface area (Å²) in [6.45, 7) is 7.15. The van der Waals surface area contributed by atoms with Gasteiger partial charge in [-0.25, -0.2) is 0 Å². The lowest BCUT2D eigenvalue weighted by Gasteiger charge is -2.25. The molecule has 2 N–H and O–H groups in total. The van der Waals surface area contributed by atoms with Crippen molar-refractivity contribution in [3.8, 4) is 0 Å². The lowest BCUT2D eigenvalue weighted by Crippen LogP contribution is -2.35.